The first-order chi connectivity index (χ1) is 20.4. The van der Waals surface area contributed by atoms with Crippen LogP contribution in [-0.4, -0.2) is 110 Å². The Labute approximate surface area is 248 Å². The molecule has 1 saturated heterocycles. The summed E-state index contributed by atoms with van der Waals surface area (Å²) in [6.45, 7) is 9.78. The monoisotopic (exact) mass is 574 g/mol. The second-order valence-electron chi connectivity index (χ2n) is 10.2. The van der Waals surface area contributed by atoms with Gasteiger partial charge in [-0.25, -0.2) is 0 Å². The summed E-state index contributed by atoms with van der Waals surface area (Å²) in [5.74, 6) is 1.98. The van der Waals surface area contributed by atoms with Gasteiger partial charge in [0.15, 0.2) is 5.82 Å². The van der Waals surface area contributed by atoms with Gasteiger partial charge in [0.2, 0.25) is 5.91 Å². The van der Waals surface area contributed by atoms with Gasteiger partial charge in [-0.15, -0.1) is 10.2 Å². The standard InChI is InChI=1S/C32H42N6O4/c1-5-35(6-2)19-20-38(32(40)26-9-7-10-28(23-26)42-4)24-31(39)37-18-8-17-36(21-22-37)30-16-15-29(33-34-30)25-11-13-27(41-3)14-12-25/h7,9-16,23H,5-6,8,17-22,24H2,1-4H3. The summed E-state index contributed by atoms with van der Waals surface area (Å²) in [5.41, 5.74) is 2.27. The lowest BCUT2D eigenvalue weighted by molar-refractivity contribution is -0.131. The lowest BCUT2D eigenvalue weighted by Gasteiger charge is -2.29. The van der Waals surface area contributed by atoms with Gasteiger partial charge in [-0.05, 0) is 74.1 Å². The Hall–Kier alpha value is -4.18. The highest BCUT2D eigenvalue weighted by Gasteiger charge is 2.25. The first-order valence-electron chi connectivity index (χ1n) is 14.6. The smallest absolute Gasteiger partial charge is 0.254 e. The summed E-state index contributed by atoms with van der Waals surface area (Å²) < 4.78 is 10.6. The van der Waals surface area contributed by atoms with Gasteiger partial charge in [0.25, 0.3) is 5.91 Å². The fourth-order valence-corrected chi connectivity index (χ4v) is 5.06. The van der Waals surface area contributed by atoms with Gasteiger partial charge in [-0.3, -0.25) is 9.59 Å². The number of carbonyl (C=O) groups excluding carboxylic acids is 2. The van der Waals surface area contributed by atoms with E-state index in [4.69, 9.17) is 9.47 Å². The highest BCUT2D eigenvalue weighted by Crippen LogP contribution is 2.22. The zero-order chi connectivity index (χ0) is 29.9. The van der Waals surface area contributed by atoms with Crippen LogP contribution in [-0.2, 0) is 4.79 Å². The molecule has 4 rings (SSSR count). The largest absolute Gasteiger partial charge is 0.497 e. The molecule has 0 radical (unpaired) electrons. The summed E-state index contributed by atoms with van der Waals surface area (Å²) in [7, 11) is 3.22. The molecule has 224 valence electrons. The number of likely N-dealkylation sites (N-methyl/N-ethyl adjacent to an activating group) is 1. The molecular formula is C32H42N6O4. The van der Waals surface area contributed by atoms with Crippen LogP contribution in [0, 0.1) is 0 Å². The molecule has 10 heteroatoms. The Morgan fingerprint density at radius 1 is 0.833 bits per heavy atom. The van der Waals surface area contributed by atoms with Gasteiger partial charge in [-0.2, -0.15) is 0 Å². The molecule has 3 aromatic rings. The van der Waals surface area contributed by atoms with E-state index < -0.39 is 0 Å². The van der Waals surface area contributed by atoms with Crippen LogP contribution in [0.3, 0.4) is 0 Å². The quantitative estimate of drug-likeness (QED) is 0.324. The Balaban J connectivity index is 1.40. The second-order valence-corrected chi connectivity index (χ2v) is 10.2. The molecule has 0 atom stereocenters. The van der Waals surface area contributed by atoms with Gasteiger partial charge >= 0.3 is 0 Å². The number of rotatable bonds is 12. The predicted molar refractivity (Wildman–Crippen MR) is 164 cm³/mol. The van der Waals surface area contributed by atoms with Crippen molar-refractivity contribution in [3.8, 4) is 22.8 Å². The number of anilines is 1. The lowest BCUT2D eigenvalue weighted by atomic mass is 10.1. The lowest BCUT2D eigenvalue weighted by Crippen LogP contribution is -2.46. The number of benzene rings is 2. The molecule has 0 spiro atoms. The van der Waals surface area contributed by atoms with Crippen molar-refractivity contribution in [3.63, 3.8) is 0 Å². The number of ether oxygens (including phenoxy) is 2. The number of aromatic nitrogens is 2. The number of nitrogens with zero attached hydrogens (tertiary/aromatic N) is 6. The number of hydrogen-bond acceptors (Lipinski definition) is 8. The van der Waals surface area contributed by atoms with E-state index >= 15 is 0 Å². The molecule has 1 aromatic heterocycles. The van der Waals surface area contributed by atoms with E-state index in [9.17, 15) is 9.59 Å². The van der Waals surface area contributed by atoms with Gasteiger partial charge in [0.05, 0.1) is 19.9 Å². The molecular weight excluding hydrogens is 532 g/mol. The fraction of sp³-hybridized carbons (Fsp3) is 0.438. The second kappa shape index (κ2) is 15.2. The average molecular weight is 575 g/mol. The molecule has 2 heterocycles. The van der Waals surface area contributed by atoms with E-state index in [1.165, 1.54) is 0 Å². The van der Waals surface area contributed by atoms with E-state index in [1.807, 2.05) is 47.4 Å². The van der Waals surface area contributed by atoms with E-state index in [0.717, 1.165) is 48.9 Å². The maximum absolute atomic E-state index is 13.5. The van der Waals surface area contributed by atoms with Crippen LogP contribution < -0.4 is 14.4 Å². The van der Waals surface area contributed by atoms with Gasteiger partial charge < -0.3 is 29.1 Å². The van der Waals surface area contributed by atoms with E-state index in [-0.39, 0.29) is 18.4 Å². The molecule has 42 heavy (non-hydrogen) atoms. The molecule has 10 nitrogen and oxygen atoms in total. The predicted octanol–water partition coefficient (Wildman–Crippen LogP) is 3.68. The van der Waals surface area contributed by atoms with Crippen molar-refractivity contribution in [1.82, 2.24) is 24.9 Å². The molecule has 1 aliphatic rings. The highest BCUT2D eigenvalue weighted by molar-refractivity contribution is 5.96. The zero-order valence-electron chi connectivity index (χ0n) is 25.2. The topological polar surface area (TPSA) is 91.3 Å². The minimum atomic E-state index is -0.168. The Morgan fingerprint density at radius 2 is 1.60 bits per heavy atom. The summed E-state index contributed by atoms with van der Waals surface area (Å²) in [4.78, 5) is 35.0. The van der Waals surface area contributed by atoms with Crippen molar-refractivity contribution >= 4 is 17.6 Å². The van der Waals surface area contributed by atoms with Crippen LogP contribution in [0.15, 0.2) is 60.7 Å². The normalized spacial score (nSPS) is 13.5. The summed E-state index contributed by atoms with van der Waals surface area (Å²) in [6.07, 6.45) is 0.803. The Bertz CT molecular complexity index is 1300. The van der Waals surface area contributed by atoms with Crippen LogP contribution in [0.25, 0.3) is 11.3 Å². The summed E-state index contributed by atoms with van der Waals surface area (Å²) in [6, 6.07) is 18.8. The number of amides is 2. The van der Waals surface area contributed by atoms with Crippen molar-refractivity contribution in [3.05, 3.63) is 66.2 Å². The van der Waals surface area contributed by atoms with Crippen LogP contribution in [0.4, 0.5) is 5.82 Å². The van der Waals surface area contributed by atoms with Crippen LogP contribution >= 0.6 is 0 Å². The molecule has 1 aliphatic heterocycles. The third-order valence-electron chi connectivity index (χ3n) is 7.72. The fourth-order valence-electron chi connectivity index (χ4n) is 5.06. The van der Waals surface area contributed by atoms with E-state index in [0.29, 0.717) is 44.0 Å². The highest BCUT2D eigenvalue weighted by atomic mass is 16.5. The molecule has 0 bridgehead atoms. The zero-order valence-corrected chi connectivity index (χ0v) is 25.2. The maximum atomic E-state index is 13.5. The van der Waals surface area contributed by atoms with Crippen LogP contribution in [0.1, 0.15) is 30.6 Å². The van der Waals surface area contributed by atoms with Gasteiger partial charge in [0, 0.05) is 50.4 Å². The third-order valence-corrected chi connectivity index (χ3v) is 7.72. The number of methoxy groups -OCH3 is 2. The van der Waals surface area contributed by atoms with E-state index in [2.05, 4.69) is 33.8 Å². The first-order valence-corrected chi connectivity index (χ1v) is 14.6. The molecule has 2 aromatic carbocycles. The van der Waals surface area contributed by atoms with E-state index in [1.54, 1.807) is 37.3 Å². The van der Waals surface area contributed by atoms with Crippen LogP contribution in [0.2, 0.25) is 0 Å². The molecule has 1 fully saturated rings. The SMILES string of the molecule is CCN(CC)CCN(CC(=O)N1CCCN(c2ccc(-c3ccc(OC)cc3)nn2)CC1)C(=O)c1cccc(OC)c1. The third kappa shape index (κ3) is 7.97. The molecule has 0 unspecified atom stereocenters. The van der Waals surface area contributed by atoms with Crippen molar-refractivity contribution < 1.29 is 19.1 Å². The average Bonchev–Trinajstić information content (AvgIpc) is 3.31. The maximum Gasteiger partial charge on any atom is 0.254 e. The number of hydrogen-bond donors (Lipinski definition) is 0. The minimum absolute atomic E-state index is 0.0354. The van der Waals surface area contributed by atoms with Crippen molar-refractivity contribution in [2.24, 2.45) is 0 Å². The van der Waals surface area contributed by atoms with Crippen molar-refractivity contribution in [2.75, 3.05) is 78.0 Å². The Kier molecular flexibility index (Phi) is 11.1. The summed E-state index contributed by atoms with van der Waals surface area (Å²) >= 11 is 0. The molecule has 0 saturated carbocycles. The molecule has 0 aliphatic carbocycles. The van der Waals surface area contributed by atoms with Gasteiger partial charge in [-0.1, -0.05) is 19.9 Å². The Morgan fingerprint density at radius 3 is 2.26 bits per heavy atom. The summed E-state index contributed by atoms with van der Waals surface area (Å²) in [5, 5.41) is 8.93. The van der Waals surface area contributed by atoms with Crippen molar-refractivity contribution in [1.29, 1.82) is 0 Å². The van der Waals surface area contributed by atoms with Crippen molar-refractivity contribution in [2.45, 2.75) is 20.3 Å². The molecule has 2 amide bonds. The van der Waals surface area contributed by atoms with Gasteiger partial charge in [0.1, 0.15) is 18.0 Å². The minimum Gasteiger partial charge on any atom is -0.497 e. The first kappa shape index (κ1) is 30.8. The van der Waals surface area contributed by atoms with Crippen LogP contribution in [0.5, 0.6) is 11.5 Å². The molecule has 0 N–H and O–H groups in total. The number of carbonyl (C=O) groups is 2.